The van der Waals surface area contributed by atoms with Crippen molar-refractivity contribution in [3.8, 4) is 6.07 Å². The molecule has 6 nitrogen and oxygen atoms in total. The third-order valence-corrected chi connectivity index (χ3v) is 5.98. The maximum absolute atomic E-state index is 11.6. The minimum absolute atomic E-state index is 0.0255. The average Bonchev–Trinajstić information content (AvgIpc) is 2.86. The van der Waals surface area contributed by atoms with Crippen LogP contribution in [0.3, 0.4) is 0 Å². The maximum atomic E-state index is 11.6. The van der Waals surface area contributed by atoms with Crippen LogP contribution in [0.2, 0.25) is 0 Å². The monoisotopic (exact) mass is 334 g/mol. The Kier molecular flexibility index (Phi) is 4.55. The summed E-state index contributed by atoms with van der Waals surface area (Å²) in [6.07, 6.45) is 4.30. The first-order valence-corrected chi connectivity index (χ1v) is 8.74. The van der Waals surface area contributed by atoms with Crippen molar-refractivity contribution >= 4 is 22.4 Å². The zero-order valence-electron chi connectivity index (χ0n) is 13.6. The SMILES string of the molecule is COCC(=O)NC1CCC2(CC1)CN(c1snc(C)c1C#N)C2. The average molecular weight is 334 g/mol. The van der Waals surface area contributed by atoms with Crippen LogP contribution in [-0.4, -0.2) is 43.1 Å². The van der Waals surface area contributed by atoms with Crippen LogP contribution in [0.1, 0.15) is 36.9 Å². The number of carbonyl (C=O) groups is 1. The summed E-state index contributed by atoms with van der Waals surface area (Å²) < 4.78 is 9.16. The molecular weight excluding hydrogens is 312 g/mol. The molecule has 0 atom stereocenters. The van der Waals surface area contributed by atoms with Crippen LogP contribution in [0, 0.1) is 23.7 Å². The van der Waals surface area contributed by atoms with E-state index in [2.05, 4.69) is 20.7 Å². The van der Waals surface area contributed by atoms with Crippen molar-refractivity contribution in [2.75, 3.05) is 31.7 Å². The molecule has 0 radical (unpaired) electrons. The van der Waals surface area contributed by atoms with Gasteiger partial charge in [-0.3, -0.25) is 4.79 Å². The molecule has 23 heavy (non-hydrogen) atoms. The summed E-state index contributed by atoms with van der Waals surface area (Å²) in [4.78, 5) is 13.9. The Bertz CT molecular complexity index is 621. The van der Waals surface area contributed by atoms with Crippen LogP contribution in [0.5, 0.6) is 0 Å². The molecule has 0 aromatic carbocycles. The lowest BCUT2D eigenvalue weighted by molar-refractivity contribution is -0.125. The van der Waals surface area contributed by atoms with Crippen molar-refractivity contribution in [2.24, 2.45) is 5.41 Å². The number of methoxy groups -OCH3 is 1. The van der Waals surface area contributed by atoms with Crippen molar-refractivity contribution in [1.29, 1.82) is 5.26 Å². The Hall–Kier alpha value is -1.65. The van der Waals surface area contributed by atoms with E-state index in [0.717, 1.165) is 55.0 Å². The third-order valence-electron chi connectivity index (χ3n) is 4.98. The van der Waals surface area contributed by atoms with Crippen LogP contribution in [0.15, 0.2) is 0 Å². The fraction of sp³-hybridized carbons (Fsp3) is 0.688. The highest BCUT2D eigenvalue weighted by Crippen LogP contribution is 2.47. The van der Waals surface area contributed by atoms with Gasteiger partial charge in [-0.15, -0.1) is 0 Å². The van der Waals surface area contributed by atoms with Gasteiger partial charge >= 0.3 is 0 Å². The molecule has 1 aromatic heterocycles. The van der Waals surface area contributed by atoms with Crippen LogP contribution in [0.4, 0.5) is 5.00 Å². The molecular formula is C16H22N4O2S. The second kappa shape index (κ2) is 6.46. The molecule has 1 saturated heterocycles. The maximum Gasteiger partial charge on any atom is 0.246 e. The zero-order valence-corrected chi connectivity index (χ0v) is 14.4. The zero-order chi connectivity index (χ0) is 16.4. The molecule has 1 saturated carbocycles. The Morgan fingerprint density at radius 3 is 2.83 bits per heavy atom. The predicted octanol–water partition coefficient (Wildman–Crippen LogP) is 1.83. The molecule has 1 aliphatic carbocycles. The summed E-state index contributed by atoms with van der Waals surface area (Å²) in [6.45, 7) is 4.03. The minimum Gasteiger partial charge on any atom is -0.375 e. The normalized spacial score (nSPS) is 20.1. The van der Waals surface area contributed by atoms with Crippen LogP contribution >= 0.6 is 11.5 Å². The van der Waals surface area contributed by atoms with E-state index in [1.165, 1.54) is 18.6 Å². The highest BCUT2D eigenvalue weighted by Gasteiger charge is 2.46. The second-order valence-corrected chi connectivity index (χ2v) is 7.44. The number of nitrogens with one attached hydrogen (secondary N) is 1. The van der Waals surface area contributed by atoms with Gasteiger partial charge in [-0.1, -0.05) is 0 Å². The Morgan fingerprint density at radius 2 is 2.22 bits per heavy atom. The van der Waals surface area contributed by atoms with E-state index in [0.29, 0.717) is 5.41 Å². The van der Waals surface area contributed by atoms with E-state index < -0.39 is 0 Å². The fourth-order valence-electron chi connectivity index (χ4n) is 3.70. The molecule has 2 heterocycles. The lowest BCUT2D eigenvalue weighted by Crippen LogP contribution is -2.59. The molecule has 2 aliphatic rings. The van der Waals surface area contributed by atoms with Gasteiger partial charge in [-0.25, -0.2) is 0 Å². The number of aryl methyl sites for hydroxylation is 1. The van der Waals surface area contributed by atoms with Crippen LogP contribution < -0.4 is 10.2 Å². The molecule has 1 aliphatic heterocycles. The molecule has 2 fully saturated rings. The van der Waals surface area contributed by atoms with E-state index in [9.17, 15) is 10.1 Å². The summed E-state index contributed by atoms with van der Waals surface area (Å²) in [7, 11) is 1.54. The highest BCUT2D eigenvalue weighted by atomic mass is 32.1. The fourth-order valence-corrected chi connectivity index (χ4v) is 4.54. The van der Waals surface area contributed by atoms with Crippen molar-refractivity contribution < 1.29 is 9.53 Å². The lowest BCUT2D eigenvalue weighted by atomic mass is 9.67. The van der Waals surface area contributed by atoms with Gasteiger partial charge in [-0.2, -0.15) is 9.64 Å². The van der Waals surface area contributed by atoms with Gasteiger partial charge in [0.1, 0.15) is 23.2 Å². The molecule has 3 rings (SSSR count). The number of hydrogen-bond acceptors (Lipinski definition) is 6. The topological polar surface area (TPSA) is 78.2 Å². The van der Waals surface area contributed by atoms with Gasteiger partial charge < -0.3 is 15.0 Å². The molecule has 7 heteroatoms. The first kappa shape index (κ1) is 16.2. The number of amides is 1. The predicted molar refractivity (Wildman–Crippen MR) is 88.5 cm³/mol. The Balaban J connectivity index is 1.52. The van der Waals surface area contributed by atoms with E-state index in [-0.39, 0.29) is 18.6 Å². The summed E-state index contributed by atoms with van der Waals surface area (Å²) in [6, 6.07) is 2.55. The summed E-state index contributed by atoms with van der Waals surface area (Å²) >= 11 is 1.43. The number of nitriles is 1. The molecule has 1 N–H and O–H groups in total. The first-order valence-electron chi connectivity index (χ1n) is 7.96. The van der Waals surface area contributed by atoms with Crippen molar-refractivity contribution in [3.05, 3.63) is 11.3 Å². The van der Waals surface area contributed by atoms with Crippen molar-refractivity contribution in [3.63, 3.8) is 0 Å². The number of aromatic nitrogens is 1. The van der Waals surface area contributed by atoms with E-state index in [1.54, 1.807) is 0 Å². The first-order chi connectivity index (χ1) is 11.1. The lowest BCUT2D eigenvalue weighted by Gasteiger charge is -2.54. The number of anilines is 1. The van der Waals surface area contributed by atoms with Gasteiger partial charge in [0.05, 0.1) is 5.69 Å². The van der Waals surface area contributed by atoms with Gasteiger partial charge in [0.25, 0.3) is 0 Å². The number of carbonyl (C=O) groups excluding carboxylic acids is 1. The van der Waals surface area contributed by atoms with Crippen molar-refractivity contribution in [1.82, 2.24) is 9.69 Å². The minimum atomic E-state index is -0.0255. The van der Waals surface area contributed by atoms with E-state index in [1.807, 2.05) is 6.92 Å². The molecule has 1 spiro atoms. The van der Waals surface area contributed by atoms with E-state index >= 15 is 0 Å². The number of ether oxygens (including phenoxy) is 1. The largest absolute Gasteiger partial charge is 0.375 e. The van der Waals surface area contributed by atoms with Gasteiger partial charge in [0.15, 0.2) is 0 Å². The van der Waals surface area contributed by atoms with E-state index in [4.69, 9.17) is 4.74 Å². The number of nitrogens with zero attached hydrogens (tertiary/aromatic N) is 3. The van der Waals surface area contributed by atoms with Crippen LogP contribution in [0.25, 0.3) is 0 Å². The quantitative estimate of drug-likeness (QED) is 0.909. The Morgan fingerprint density at radius 1 is 1.52 bits per heavy atom. The molecule has 1 aromatic rings. The van der Waals surface area contributed by atoms with Crippen molar-refractivity contribution in [2.45, 2.75) is 38.6 Å². The molecule has 1 amide bonds. The smallest absolute Gasteiger partial charge is 0.246 e. The highest BCUT2D eigenvalue weighted by molar-refractivity contribution is 7.10. The van der Waals surface area contributed by atoms with Gasteiger partial charge in [0.2, 0.25) is 5.91 Å². The van der Waals surface area contributed by atoms with Gasteiger partial charge in [0, 0.05) is 31.7 Å². The standard InChI is InChI=1S/C16H22N4O2S/c1-11-13(7-17)15(23-19-11)20-9-16(10-20)5-3-12(4-6-16)18-14(21)8-22-2/h12H,3-6,8-10H2,1-2H3,(H,18,21). The number of rotatable bonds is 4. The summed E-state index contributed by atoms with van der Waals surface area (Å²) in [5.74, 6) is -0.0255. The number of hydrogen-bond donors (Lipinski definition) is 1. The van der Waals surface area contributed by atoms with Gasteiger partial charge in [-0.05, 0) is 44.1 Å². The second-order valence-electron chi connectivity index (χ2n) is 6.69. The summed E-state index contributed by atoms with van der Waals surface area (Å²) in [5.41, 5.74) is 1.91. The van der Waals surface area contributed by atoms with Crippen LogP contribution in [-0.2, 0) is 9.53 Å². The third kappa shape index (κ3) is 3.19. The molecule has 0 unspecified atom stereocenters. The summed E-state index contributed by atoms with van der Waals surface area (Å²) in [5, 5.41) is 13.3. The molecule has 124 valence electrons. The molecule has 0 bridgehead atoms. The Labute approximate surface area is 140 Å².